The molecule has 0 aromatic heterocycles. The SMILES string of the molecule is C[C@H](OC(=O)c1ccc(C(=O)c2ccccc2)cc1)C(=O)Nc1ccc(C(N)=O)cc1. The Kier molecular flexibility index (Phi) is 6.57. The van der Waals surface area contributed by atoms with Gasteiger partial charge in [0, 0.05) is 22.4 Å². The highest BCUT2D eigenvalue weighted by Gasteiger charge is 2.19. The minimum absolute atomic E-state index is 0.157. The van der Waals surface area contributed by atoms with Gasteiger partial charge in [-0.3, -0.25) is 14.4 Å². The second kappa shape index (κ2) is 9.49. The number of hydrogen-bond acceptors (Lipinski definition) is 5. The lowest BCUT2D eigenvalue weighted by Crippen LogP contribution is -2.30. The molecule has 0 saturated heterocycles. The highest BCUT2D eigenvalue weighted by Crippen LogP contribution is 2.14. The Labute approximate surface area is 178 Å². The topological polar surface area (TPSA) is 116 Å². The first-order chi connectivity index (χ1) is 14.8. The molecule has 0 aliphatic carbocycles. The van der Waals surface area contributed by atoms with E-state index in [1.54, 1.807) is 24.3 Å². The van der Waals surface area contributed by atoms with E-state index in [4.69, 9.17) is 10.5 Å². The molecule has 0 radical (unpaired) electrons. The molecule has 0 heterocycles. The molecule has 7 heteroatoms. The van der Waals surface area contributed by atoms with Crippen molar-refractivity contribution >= 4 is 29.3 Å². The smallest absolute Gasteiger partial charge is 0.338 e. The quantitative estimate of drug-likeness (QED) is 0.453. The van der Waals surface area contributed by atoms with E-state index >= 15 is 0 Å². The zero-order valence-corrected chi connectivity index (χ0v) is 16.7. The predicted molar refractivity (Wildman–Crippen MR) is 115 cm³/mol. The van der Waals surface area contributed by atoms with Gasteiger partial charge in [0.1, 0.15) is 0 Å². The van der Waals surface area contributed by atoms with Crippen molar-refractivity contribution in [3.63, 3.8) is 0 Å². The van der Waals surface area contributed by atoms with Crippen molar-refractivity contribution in [1.29, 1.82) is 0 Å². The molecule has 0 aliphatic rings. The van der Waals surface area contributed by atoms with Gasteiger partial charge in [-0.05, 0) is 43.3 Å². The van der Waals surface area contributed by atoms with Crippen molar-refractivity contribution in [2.75, 3.05) is 5.32 Å². The van der Waals surface area contributed by atoms with Gasteiger partial charge < -0.3 is 15.8 Å². The van der Waals surface area contributed by atoms with E-state index in [1.165, 1.54) is 55.5 Å². The Morgan fingerprint density at radius 2 is 1.26 bits per heavy atom. The van der Waals surface area contributed by atoms with Crippen LogP contribution in [0, 0.1) is 0 Å². The molecular weight excluding hydrogens is 396 g/mol. The van der Waals surface area contributed by atoms with E-state index in [2.05, 4.69) is 5.32 Å². The van der Waals surface area contributed by atoms with Crippen LogP contribution >= 0.6 is 0 Å². The van der Waals surface area contributed by atoms with Gasteiger partial charge in [0.25, 0.3) is 5.91 Å². The Hall–Kier alpha value is -4.26. The highest BCUT2D eigenvalue weighted by atomic mass is 16.5. The second-order valence-electron chi connectivity index (χ2n) is 6.75. The van der Waals surface area contributed by atoms with Crippen molar-refractivity contribution < 1.29 is 23.9 Å². The van der Waals surface area contributed by atoms with Gasteiger partial charge >= 0.3 is 5.97 Å². The fourth-order valence-electron chi connectivity index (χ4n) is 2.76. The van der Waals surface area contributed by atoms with Crippen LogP contribution in [0.3, 0.4) is 0 Å². The first-order valence-electron chi connectivity index (χ1n) is 9.46. The number of nitrogens with one attached hydrogen (secondary N) is 1. The van der Waals surface area contributed by atoms with Crippen molar-refractivity contribution in [2.45, 2.75) is 13.0 Å². The van der Waals surface area contributed by atoms with Crippen molar-refractivity contribution in [3.8, 4) is 0 Å². The molecule has 0 unspecified atom stereocenters. The van der Waals surface area contributed by atoms with Gasteiger partial charge in [-0.15, -0.1) is 0 Å². The van der Waals surface area contributed by atoms with Crippen LogP contribution in [-0.2, 0) is 9.53 Å². The van der Waals surface area contributed by atoms with Crippen LogP contribution in [0.1, 0.15) is 43.6 Å². The number of rotatable bonds is 7. The molecule has 3 aromatic carbocycles. The summed E-state index contributed by atoms with van der Waals surface area (Å²) >= 11 is 0. The number of ether oxygens (including phenoxy) is 1. The van der Waals surface area contributed by atoms with E-state index < -0.39 is 23.9 Å². The number of benzene rings is 3. The first kappa shape index (κ1) is 21.4. The lowest BCUT2D eigenvalue weighted by Gasteiger charge is -2.14. The van der Waals surface area contributed by atoms with E-state index in [9.17, 15) is 19.2 Å². The van der Waals surface area contributed by atoms with Crippen LogP contribution < -0.4 is 11.1 Å². The molecule has 7 nitrogen and oxygen atoms in total. The molecule has 1 atom stereocenters. The number of amides is 2. The molecule has 2 amide bonds. The summed E-state index contributed by atoms with van der Waals surface area (Å²) in [5.41, 5.74) is 7.12. The van der Waals surface area contributed by atoms with Gasteiger partial charge in [-0.1, -0.05) is 42.5 Å². The molecule has 0 fully saturated rings. The van der Waals surface area contributed by atoms with E-state index in [1.807, 2.05) is 6.07 Å². The van der Waals surface area contributed by atoms with Crippen molar-refractivity contribution in [1.82, 2.24) is 0 Å². The Balaban J connectivity index is 1.59. The van der Waals surface area contributed by atoms with Crippen LogP contribution in [0.25, 0.3) is 0 Å². The Morgan fingerprint density at radius 3 is 1.84 bits per heavy atom. The first-order valence-corrected chi connectivity index (χ1v) is 9.46. The summed E-state index contributed by atoms with van der Waals surface area (Å²) in [6.45, 7) is 1.44. The molecule has 3 aromatic rings. The average Bonchev–Trinajstić information content (AvgIpc) is 2.79. The molecule has 156 valence electrons. The van der Waals surface area contributed by atoms with Crippen LogP contribution in [0.15, 0.2) is 78.9 Å². The maximum absolute atomic E-state index is 12.4. The molecular formula is C24H20N2O5. The van der Waals surface area contributed by atoms with Gasteiger partial charge in [-0.25, -0.2) is 4.79 Å². The summed E-state index contributed by atoms with van der Waals surface area (Å²) in [4.78, 5) is 48.1. The Bertz CT molecular complexity index is 1110. The number of anilines is 1. The largest absolute Gasteiger partial charge is 0.449 e. The summed E-state index contributed by atoms with van der Waals surface area (Å²) in [5, 5.41) is 2.59. The Morgan fingerprint density at radius 1 is 0.742 bits per heavy atom. The number of carbonyl (C=O) groups is 4. The molecule has 0 spiro atoms. The zero-order valence-electron chi connectivity index (χ0n) is 16.7. The van der Waals surface area contributed by atoms with Gasteiger partial charge in [0.05, 0.1) is 5.56 Å². The van der Waals surface area contributed by atoms with Crippen molar-refractivity contribution in [2.24, 2.45) is 5.73 Å². The van der Waals surface area contributed by atoms with E-state index in [0.29, 0.717) is 22.4 Å². The lowest BCUT2D eigenvalue weighted by molar-refractivity contribution is -0.123. The monoisotopic (exact) mass is 416 g/mol. The predicted octanol–water partition coefficient (Wildman–Crippen LogP) is 3.20. The third-order valence-corrected chi connectivity index (χ3v) is 4.51. The molecule has 31 heavy (non-hydrogen) atoms. The maximum Gasteiger partial charge on any atom is 0.338 e. The van der Waals surface area contributed by atoms with Crippen LogP contribution in [-0.4, -0.2) is 29.7 Å². The third-order valence-electron chi connectivity index (χ3n) is 4.51. The highest BCUT2D eigenvalue weighted by molar-refractivity contribution is 6.09. The molecule has 3 rings (SSSR count). The minimum atomic E-state index is -1.06. The van der Waals surface area contributed by atoms with Crippen LogP contribution in [0.5, 0.6) is 0 Å². The summed E-state index contributed by atoms with van der Waals surface area (Å²) in [6, 6.07) is 20.8. The summed E-state index contributed by atoms with van der Waals surface area (Å²) in [5.74, 6) is -1.95. The zero-order chi connectivity index (χ0) is 22.4. The molecule has 3 N–H and O–H groups in total. The normalized spacial score (nSPS) is 11.3. The fraction of sp³-hybridized carbons (Fsp3) is 0.0833. The van der Waals surface area contributed by atoms with Crippen LogP contribution in [0.2, 0.25) is 0 Å². The second-order valence-corrected chi connectivity index (χ2v) is 6.75. The average molecular weight is 416 g/mol. The number of primary amides is 1. The maximum atomic E-state index is 12.4. The third kappa shape index (κ3) is 5.42. The van der Waals surface area contributed by atoms with E-state index in [0.717, 1.165) is 0 Å². The standard InChI is InChI=1S/C24H20N2O5/c1-15(23(29)26-20-13-11-18(12-14-20)22(25)28)31-24(30)19-9-7-17(8-10-19)21(27)16-5-3-2-4-6-16/h2-15H,1H3,(H2,25,28)(H,26,29)/t15-/m0/s1. The van der Waals surface area contributed by atoms with Gasteiger partial charge in [-0.2, -0.15) is 0 Å². The van der Waals surface area contributed by atoms with E-state index in [-0.39, 0.29) is 11.3 Å². The fourth-order valence-corrected chi connectivity index (χ4v) is 2.76. The number of carbonyl (C=O) groups excluding carboxylic acids is 4. The molecule has 0 saturated carbocycles. The summed E-state index contributed by atoms with van der Waals surface area (Å²) in [6.07, 6.45) is -1.06. The molecule has 0 bridgehead atoms. The van der Waals surface area contributed by atoms with Gasteiger partial charge in [0.2, 0.25) is 5.91 Å². The number of esters is 1. The molecule has 0 aliphatic heterocycles. The summed E-state index contributed by atoms with van der Waals surface area (Å²) in [7, 11) is 0. The van der Waals surface area contributed by atoms with Crippen molar-refractivity contribution in [3.05, 3.63) is 101 Å². The summed E-state index contributed by atoms with van der Waals surface area (Å²) < 4.78 is 5.21. The lowest BCUT2D eigenvalue weighted by atomic mass is 10.0. The minimum Gasteiger partial charge on any atom is -0.449 e. The number of nitrogens with two attached hydrogens (primary N) is 1. The van der Waals surface area contributed by atoms with Crippen LogP contribution in [0.4, 0.5) is 5.69 Å². The van der Waals surface area contributed by atoms with Gasteiger partial charge in [0.15, 0.2) is 11.9 Å². The number of hydrogen-bond donors (Lipinski definition) is 2. The number of ketones is 1.